The number of rotatable bonds is 3. The Kier molecular flexibility index (Phi) is 5.16. The van der Waals surface area contributed by atoms with Crippen molar-refractivity contribution in [2.75, 3.05) is 31.1 Å². The SMILES string of the molecule is FC(F)(F)c1ccc2nc(N3CCN(Cc4c(Cl)cccc4Cl)CC3)[nH]c2c1. The number of nitrogens with zero attached hydrogens (tertiary/aromatic N) is 3. The topological polar surface area (TPSA) is 35.2 Å². The number of anilines is 1. The Hall–Kier alpha value is -1.96. The van der Waals surface area contributed by atoms with E-state index in [0.717, 1.165) is 30.8 Å². The van der Waals surface area contributed by atoms with E-state index in [0.29, 0.717) is 46.7 Å². The van der Waals surface area contributed by atoms with E-state index in [1.807, 2.05) is 23.1 Å². The second-order valence-corrected chi connectivity index (χ2v) is 7.57. The molecule has 2 aromatic carbocycles. The van der Waals surface area contributed by atoms with Gasteiger partial charge in [-0.1, -0.05) is 29.3 Å². The fourth-order valence-corrected chi connectivity index (χ4v) is 3.86. The predicted molar refractivity (Wildman–Crippen MR) is 105 cm³/mol. The van der Waals surface area contributed by atoms with Gasteiger partial charge in [0.2, 0.25) is 5.95 Å². The number of imidazole rings is 1. The van der Waals surface area contributed by atoms with Crippen LogP contribution in [0.25, 0.3) is 11.0 Å². The van der Waals surface area contributed by atoms with Crippen molar-refractivity contribution in [3.05, 3.63) is 57.6 Å². The Morgan fingerprint density at radius 1 is 1.00 bits per heavy atom. The van der Waals surface area contributed by atoms with Gasteiger partial charge in [-0.05, 0) is 30.3 Å². The predicted octanol–water partition coefficient (Wildman–Crippen LogP) is 5.21. The van der Waals surface area contributed by atoms with Gasteiger partial charge in [-0.3, -0.25) is 4.90 Å². The maximum Gasteiger partial charge on any atom is 0.416 e. The van der Waals surface area contributed by atoms with Crippen LogP contribution in [0.4, 0.5) is 19.1 Å². The molecule has 0 bridgehead atoms. The third-order valence-electron chi connectivity index (χ3n) is 4.91. The Balaban J connectivity index is 1.45. The van der Waals surface area contributed by atoms with Gasteiger partial charge in [-0.2, -0.15) is 13.2 Å². The highest BCUT2D eigenvalue weighted by molar-refractivity contribution is 6.35. The number of aromatic nitrogens is 2. The first kappa shape index (κ1) is 19.4. The molecule has 28 heavy (non-hydrogen) atoms. The van der Waals surface area contributed by atoms with Crippen LogP contribution in [0.2, 0.25) is 10.0 Å². The van der Waals surface area contributed by atoms with Crippen LogP contribution in [0.1, 0.15) is 11.1 Å². The average molecular weight is 429 g/mol. The number of aromatic amines is 1. The summed E-state index contributed by atoms with van der Waals surface area (Å²) in [5, 5.41) is 1.29. The molecule has 1 aliphatic rings. The van der Waals surface area contributed by atoms with E-state index in [2.05, 4.69) is 14.9 Å². The minimum Gasteiger partial charge on any atom is -0.340 e. The Bertz CT molecular complexity index is 974. The van der Waals surface area contributed by atoms with Crippen LogP contribution in [0.5, 0.6) is 0 Å². The number of benzene rings is 2. The Morgan fingerprint density at radius 2 is 1.68 bits per heavy atom. The molecule has 1 fully saturated rings. The minimum atomic E-state index is -4.37. The van der Waals surface area contributed by atoms with E-state index in [9.17, 15) is 13.2 Å². The molecule has 1 aromatic heterocycles. The molecule has 4 nitrogen and oxygen atoms in total. The number of halogens is 5. The van der Waals surface area contributed by atoms with Gasteiger partial charge in [0.15, 0.2) is 0 Å². The molecule has 4 rings (SSSR count). The normalized spacial score (nSPS) is 16.1. The summed E-state index contributed by atoms with van der Waals surface area (Å²) in [6, 6.07) is 9.01. The Labute approximate surface area is 169 Å². The zero-order valence-electron chi connectivity index (χ0n) is 14.7. The van der Waals surface area contributed by atoms with Gasteiger partial charge >= 0.3 is 6.18 Å². The molecule has 1 saturated heterocycles. The maximum absolute atomic E-state index is 12.9. The van der Waals surface area contributed by atoms with E-state index in [-0.39, 0.29) is 0 Å². The third-order valence-corrected chi connectivity index (χ3v) is 5.62. The molecule has 148 valence electrons. The smallest absolute Gasteiger partial charge is 0.340 e. The zero-order chi connectivity index (χ0) is 19.9. The van der Waals surface area contributed by atoms with Crippen LogP contribution < -0.4 is 4.90 Å². The lowest BCUT2D eigenvalue weighted by atomic mass is 10.2. The monoisotopic (exact) mass is 428 g/mol. The highest BCUT2D eigenvalue weighted by Gasteiger charge is 2.31. The quantitative estimate of drug-likeness (QED) is 0.621. The van der Waals surface area contributed by atoms with Crippen LogP contribution in [0, 0.1) is 0 Å². The molecule has 0 amide bonds. The van der Waals surface area contributed by atoms with Crippen molar-refractivity contribution in [3.8, 4) is 0 Å². The Morgan fingerprint density at radius 3 is 2.32 bits per heavy atom. The van der Waals surface area contributed by atoms with Crippen LogP contribution >= 0.6 is 23.2 Å². The minimum absolute atomic E-state index is 0.384. The van der Waals surface area contributed by atoms with Gasteiger partial charge in [0.25, 0.3) is 0 Å². The molecule has 0 atom stereocenters. The second-order valence-electron chi connectivity index (χ2n) is 6.75. The zero-order valence-corrected chi connectivity index (χ0v) is 16.2. The van der Waals surface area contributed by atoms with E-state index in [1.165, 1.54) is 6.07 Å². The summed E-state index contributed by atoms with van der Waals surface area (Å²) in [7, 11) is 0. The van der Waals surface area contributed by atoms with Crippen LogP contribution in [-0.4, -0.2) is 41.0 Å². The molecular formula is C19H17Cl2F3N4. The summed E-state index contributed by atoms with van der Waals surface area (Å²) >= 11 is 12.5. The van der Waals surface area contributed by atoms with E-state index < -0.39 is 11.7 Å². The summed E-state index contributed by atoms with van der Waals surface area (Å²) < 4.78 is 38.7. The number of hydrogen-bond donors (Lipinski definition) is 1. The van der Waals surface area contributed by atoms with Crippen LogP contribution in [-0.2, 0) is 12.7 Å². The van der Waals surface area contributed by atoms with Gasteiger partial charge in [0.05, 0.1) is 16.6 Å². The summed E-state index contributed by atoms with van der Waals surface area (Å²) in [4.78, 5) is 11.7. The standard InChI is InChI=1S/C19H17Cl2F3N4/c20-14-2-1-3-15(21)13(14)11-27-6-8-28(9-7-27)18-25-16-5-4-12(19(22,23)24)10-17(16)26-18/h1-5,10H,6-9,11H2,(H,25,26). The molecule has 0 aliphatic carbocycles. The molecule has 3 aromatic rings. The molecule has 1 N–H and O–H groups in total. The van der Waals surface area contributed by atoms with Crippen molar-refractivity contribution in [3.63, 3.8) is 0 Å². The number of alkyl halides is 3. The van der Waals surface area contributed by atoms with Crippen molar-refractivity contribution in [1.29, 1.82) is 0 Å². The largest absolute Gasteiger partial charge is 0.416 e. The van der Waals surface area contributed by atoms with Gasteiger partial charge < -0.3 is 9.88 Å². The molecule has 9 heteroatoms. The van der Waals surface area contributed by atoms with Gasteiger partial charge in [-0.15, -0.1) is 0 Å². The number of fused-ring (bicyclic) bond motifs is 1. The van der Waals surface area contributed by atoms with Crippen molar-refractivity contribution < 1.29 is 13.2 Å². The van der Waals surface area contributed by atoms with Gasteiger partial charge in [-0.25, -0.2) is 4.98 Å². The molecule has 1 aliphatic heterocycles. The molecule has 2 heterocycles. The van der Waals surface area contributed by atoms with Gasteiger partial charge in [0, 0.05) is 48.3 Å². The fourth-order valence-electron chi connectivity index (χ4n) is 3.35. The van der Waals surface area contributed by atoms with Crippen molar-refractivity contribution in [2.24, 2.45) is 0 Å². The molecule has 0 unspecified atom stereocenters. The first-order chi connectivity index (χ1) is 13.3. The molecule has 0 radical (unpaired) electrons. The first-order valence-corrected chi connectivity index (χ1v) is 9.54. The maximum atomic E-state index is 12.9. The molecule has 0 saturated carbocycles. The third kappa shape index (κ3) is 3.92. The van der Waals surface area contributed by atoms with Crippen LogP contribution in [0.15, 0.2) is 36.4 Å². The number of hydrogen-bond acceptors (Lipinski definition) is 3. The van der Waals surface area contributed by atoms with E-state index >= 15 is 0 Å². The average Bonchev–Trinajstić information content (AvgIpc) is 3.08. The second kappa shape index (κ2) is 7.46. The molecule has 0 spiro atoms. The van der Waals surface area contributed by atoms with Crippen molar-refractivity contribution in [1.82, 2.24) is 14.9 Å². The number of piperazine rings is 1. The van der Waals surface area contributed by atoms with E-state index in [1.54, 1.807) is 0 Å². The van der Waals surface area contributed by atoms with Crippen LogP contribution in [0.3, 0.4) is 0 Å². The van der Waals surface area contributed by atoms with Crippen molar-refractivity contribution >= 4 is 40.2 Å². The van der Waals surface area contributed by atoms with Crippen molar-refractivity contribution in [2.45, 2.75) is 12.7 Å². The summed E-state index contributed by atoms with van der Waals surface area (Å²) in [5.74, 6) is 0.588. The lowest BCUT2D eigenvalue weighted by molar-refractivity contribution is -0.137. The number of nitrogens with one attached hydrogen (secondary N) is 1. The lowest BCUT2D eigenvalue weighted by Crippen LogP contribution is -2.46. The molecular weight excluding hydrogens is 412 g/mol. The lowest BCUT2D eigenvalue weighted by Gasteiger charge is -2.34. The number of H-pyrrole nitrogens is 1. The summed E-state index contributed by atoms with van der Waals surface area (Å²) in [6.07, 6.45) is -4.37. The highest BCUT2D eigenvalue weighted by atomic mass is 35.5. The highest BCUT2D eigenvalue weighted by Crippen LogP contribution is 2.32. The fraction of sp³-hybridized carbons (Fsp3) is 0.316. The van der Waals surface area contributed by atoms with E-state index in [4.69, 9.17) is 23.2 Å². The summed E-state index contributed by atoms with van der Waals surface area (Å²) in [6.45, 7) is 3.60. The first-order valence-electron chi connectivity index (χ1n) is 8.78. The summed E-state index contributed by atoms with van der Waals surface area (Å²) in [5.41, 5.74) is 1.13. The van der Waals surface area contributed by atoms with Gasteiger partial charge in [0.1, 0.15) is 0 Å².